The second-order valence-corrected chi connectivity index (χ2v) is 8.13. The van der Waals surface area contributed by atoms with E-state index in [2.05, 4.69) is 28.4 Å². The van der Waals surface area contributed by atoms with Gasteiger partial charge < -0.3 is 9.73 Å². The van der Waals surface area contributed by atoms with Gasteiger partial charge in [-0.2, -0.15) is 0 Å². The molecule has 2 aliphatic rings. The molecule has 1 aromatic carbocycles. The van der Waals surface area contributed by atoms with Crippen LogP contribution in [0.4, 0.5) is 0 Å². The molecule has 5 heteroatoms. The summed E-state index contributed by atoms with van der Waals surface area (Å²) in [7, 11) is 0. The molecule has 0 spiro atoms. The first kappa shape index (κ1) is 16.5. The highest BCUT2D eigenvalue weighted by Gasteiger charge is 2.27. The van der Waals surface area contributed by atoms with E-state index in [1.165, 1.54) is 23.3 Å². The summed E-state index contributed by atoms with van der Waals surface area (Å²) in [5, 5.41) is 4.62. The third-order valence-electron chi connectivity index (χ3n) is 5.02. The van der Waals surface area contributed by atoms with Gasteiger partial charge in [0.15, 0.2) is 0 Å². The Bertz CT molecular complexity index is 670. The minimum atomic E-state index is 0.319. The van der Waals surface area contributed by atoms with Crippen molar-refractivity contribution in [3.05, 3.63) is 52.9 Å². The number of halogens is 1. The van der Waals surface area contributed by atoms with Crippen molar-refractivity contribution in [2.24, 2.45) is 0 Å². The van der Waals surface area contributed by atoms with E-state index in [1.54, 1.807) is 6.26 Å². The Morgan fingerprint density at radius 3 is 2.96 bits per heavy atom. The number of fused-ring (bicyclic) bond motifs is 1. The number of hydrogen-bond donors (Lipinski definition) is 1. The van der Waals surface area contributed by atoms with Crippen LogP contribution in [-0.4, -0.2) is 30.3 Å². The Balaban J connectivity index is 1.50. The SMILES string of the molecule is Clc1ccc2c(c1)C(NCC(c1ccco1)N1CCCC1)CCS2. The Morgan fingerprint density at radius 2 is 2.17 bits per heavy atom. The molecule has 0 aliphatic carbocycles. The average molecular weight is 363 g/mol. The summed E-state index contributed by atoms with van der Waals surface area (Å²) in [6, 6.07) is 11.1. The minimum absolute atomic E-state index is 0.319. The number of hydrogen-bond acceptors (Lipinski definition) is 4. The van der Waals surface area contributed by atoms with E-state index in [4.69, 9.17) is 16.0 Å². The molecule has 1 fully saturated rings. The van der Waals surface area contributed by atoms with Gasteiger partial charge in [-0.15, -0.1) is 11.8 Å². The molecule has 128 valence electrons. The first-order valence-electron chi connectivity index (χ1n) is 8.74. The minimum Gasteiger partial charge on any atom is -0.468 e. The predicted octanol–water partition coefficient (Wildman–Crippen LogP) is 4.90. The Hall–Kier alpha value is -0.940. The molecule has 0 saturated carbocycles. The van der Waals surface area contributed by atoms with Crippen molar-refractivity contribution in [2.45, 2.75) is 36.2 Å². The van der Waals surface area contributed by atoms with Gasteiger partial charge in [-0.3, -0.25) is 4.90 Å². The fourth-order valence-corrected chi connectivity index (χ4v) is 5.06. The van der Waals surface area contributed by atoms with Crippen LogP contribution in [0.1, 0.15) is 42.7 Å². The summed E-state index contributed by atoms with van der Waals surface area (Å²) in [6.45, 7) is 3.24. The molecular formula is C19H23ClN2OS. The predicted molar refractivity (Wildman–Crippen MR) is 99.8 cm³/mol. The molecule has 1 N–H and O–H groups in total. The average Bonchev–Trinajstić information content (AvgIpc) is 3.29. The number of likely N-dealkylation sites (tertiary alicyclic amines) is 1. The molecule has 2 aliphatic heterocycles. The van der Waals surface area contributed by atoms with E-state index < -0.39 is 0 Å². The fourth-order valence-electron chi connectivity index (χ4n) is 3.77. The maximum Gasteiger partial charge on any atom is 0.122 e. The molecule has 24 heavy (non-hydrogen) atoms. The standard InChI is InChI=1S/C19H23ClN2OS/c20-14-5-6-19-15(12-14)16(7-11-24-19)21-13-17(18-4-3-10-23-18)22-8-1-2-9-22/h3-6,10,12,16-17,21H,1-2,7-9,11,13H2. The summed E-state index contributed by atoms with van der Waals surface area (Å²) < 4.78 is 5.73. The quantitative estimate of drug-likeness (QED) is 0.819. The van der Waals surface area contributed by atoms with Gasteiger partial charge in [-0.1, -0.05) is 11.6 Å². The molecule has 0 amide bonds. The highest BCUT2D eigenvalue weighted by Crippen LogP contribution is 2.38. The van der Waals surface area contributed by atoms with E-state index in [9.17, 15) is 0 Å². The maximum atomic E-state index is 6.23. The molecule has 3 heterocycles. The number of nitrogens with one attached hydrogen (secondary N) is 1. The number of rotatable bonds is 5. The van der Waals surface area contributed by atoms with Gasteiger partial charge in [-0.25, -0.2) is 0 Å². The number of thioether (sulfide) groups is 1. The van der Waals surface area contributed by atoms with Gasteiger partial charge in [0, 0.05) is 22.5 Å². The van der Waals surface area contributed by atoms with Gasteiger partial charge in [0.2, 0.25) is 0 Å². The third kappa shape index (κ3) is 3.52. The van der Waals surface area contributed by atoms with Crippen LogP contribution >= 0.6 is 23.4 Å². The molecule has 3 nitrogen and oxygen atoms in total. The first-order valence-corrected chi connectivity index (χ1v) is 10.1. The molecule has 0 bridgehead atoms. The highest BCUT2D eigenvalue weighted by atomic mass is 35.5. The van der Waals surface area contributed by atoms with Crippen molar-refractivity contribution in [2.75, 3.05) is 25.4 Å². The smallest absolute Gasteiger partial charge is 0.122 e. The Labute approximate surface area is 152 Å². The Morgan fingerprint density at radius 1 is 1.29 bits per heavy atom. The van der Waals surface area contributed by atoms with E-state index in [0.29, 0.717) is 12.1 Å². The summed E-state index contributed by atoms with van der Waals surface area (Å²) in [4.78, 5) is 3.90. The molecule has 2 unspecified atom stereocenters. The first-order chi connectivity index (χ1) is 11.8. The van der Waals surface area contributed by atoms with Crippen molar-refractivity contribution in [1.82, 2.24) is 10.2 Å². The van der Waals surface area contributed by atoms with Gasteiger partial charge in [-0.05, 0) is 74.0 Å². The summed E-state index contributed by atoms with van der Waals surface area (Å²) >= 11 is 8.16. The van der Waals surface area contributed by atoms with Crippen LogP contribution in [0.15, 0.2) is 45.9 Å². The van der Waals surface area contributed by atoms with Crippen LogP contribution in [0.25, 0.3) is 0 Å². The van der Waals surface area contributed by atoms with Crippen LogP contribution in [0.3, 0.4) is 0 Å². The lowest BCUT2D eigenvalue weighted by molar-refractivity contribution is 0.204. The molecule has 2 aromatic rings. The van der Waals surface area contributed by atoms with Gasteiger partial charge in [0.1, 0.15) is 5.76 Å². The summed E-state index contributed by atoms with van der Waals surface area (Å²) in [5.74, 6) is 2.22. The Kier molecular flexibility index (Phi) is 5.18. The van der Waals surface area contributed by atoms with E-state index in [-0.39, 0.29) is 0 Å². The highest BCUT2D eigenvalue weighted by molar-refractivity contribution is 7.99. The normalized spacial score (nSPS) is 22.5. The van der Waals surface area contributed by atoms with Crippen LogP contribution in [0, 0.1) is 0 Å². The summed E-state index contributed by atoms with van der Waals surface area (Å²) in [6.07, 6.45) is 5.50. The lowest BCUT2D eigenvalue weighted by Crippen LogP contribution is -2.36. The van der Waals surface area contributed by atoms with Gasteiger partial charge >= 0.3 is 0 Å². The molecule has 1 saturated heterocycles. The van der Waals surface area contributed by atoms with Crippen molar-refractivity contribution < 1.29 is 4.42 Å². The number of benzene rings is 1. The second-order valence-electron chi connectivity index (χ2n) is 6.55. The molecule has 1 aromatic heterocycles. The van der Waals surface area contributed by atoms with Crippen LogP contribution < -0.4 is 5.32 Å². The number of furan rings is 1. The molecule has 2 atom stereocenters. The summed E-state index contributed by atoms with van der Waals surface area (Å²) in [5.41, 5.74) is 1.35. The van der Waals surface area contributed by atoms with Crippen molar-refractivity contribution in [3.63, 3.8) is 0 Å². The largest absolute Gasteiger partial charge is 0.468 e. The zero-order valence-corrected chi connectivity index (χ0v) is 15.3. The van der Waals surface area contributed by atoms with Gasteiger partial charge in [0.05, 0.1) is 12.3 Å². The van der Waals surface area contributed by atoms with Crippen LogP contribution in [0.2, 0.25) is 5.02 Å². The maximum absolute atomic E-state index is 6.23. The lowest BCUT2D eigenvalue weighted by Gasteiger charge is -2.31. The van der Waals surface area contributed by atoms with Crippen LogP contribution in [-0.2, 0) is 0 Å². The molecule has 4 rings (SSSR count). The van der Waals surface area contributed by atoms with E-state index in [1.807, 2.05) is 23.9 Å². The van der Waals surface area contributed by atoms with Crippen LogP contribution in [0.5, 0.6) is 0 Å². The topological polar surface area (TPSA) is 28.4 Å². The monoisotopic (exact) mass is 362 g/mol. The van der Waals surface area contributed by atoms with E-state index >= 15 is 0 Å². The molecule has 0 radical (unpaired) electrons. The molecular weight excluding hydrogens is 340 g/mol. The third-order valence-corrected chi connectivity index (χ3v) is 6.38. The van der Waals surface area contributed by atoms with Gasteiger partial charge in [0.25, 0.3) is 0 Å². The lowest BCUT2D eigenvalue weighted by atomic mass is 10.0. The van der Waals surface area contributed by atoms with Crippen molar-refractivity contribution in [1.29, 1.82) is 0 Å². The second kappa shape index (κ2) is 7.52. The van der Waals surface area contributed by atoms with E-state index in [0.717, 1.165) is 42.6 Å². The zero-order chi connectivity index (χ0) is 16.4. The fraction of sp³-hybridized carbons (Fsp3) is 0.474. The van der Waals surface area contributed by atoms with Crippen molar-refractivity contribution >= 4 is 23.4 Å². The number of nitrogens with zero attached hydrogens (tertiary/aromatic N) is 1. The zero-order valence-electron chi connectivity index (χ0n) is 13.7. The van der Waals surface area contributed by atoms with Crippen molar-refractivity contribution in [3.8, 4) is 0 Å².